The molecular weight excluding hydrogens is 501 g/mol. The molecule has 0 fully saturated rings. The number of nitrogens with zero attached hydrogens (tertiary/aromatic N) is 4. The van der Waals surface area contributed by atoms with Crippen LogP contribution in [0.1, 0.15) is 36.3 Å². The second kappa shape index (κ2) is 10.3. The molecular formula is C22H21Cl2N5O2S2. The summed E-state index contributed by atoms with van der Waals surface area (Å²) in [5.41, 5.74) is 1.18. The molecule has 172 valence electrons. The van der Waals surface area contributed by atoms with E-state index in [1.807, 2.05) is 23.6 Å². The number of rotatable bonds is 8. The Balaban J connectivity index is 1.56. The highest BCUT2D eigenvalue weighted by Gasteiger charge is 2.20. The lowest BCUT2D eigenvalue weighted by atomic mass is 10.1. The number of furan rings is 1. The average Bonchev–Trinajstić information content (AvgIpc) is 3.54. The van der Waals surface area contributed by atoms with E-state index in [4.69, 9.17) is 27.6 Å². The zero-order chi connectivity index (χ0) is 23.5. The Kier molecular flexibility index (Phi) is 7.43. The lowest BCUT2D eigenvalue weighted by molar-refractivity contribution is 0.0926. The number of nitrogens with one attached hydrogen (secondary N) is 1. The molecule has 4 aromatic rings. The fourth-order valence-electron chi connectivity index (χ4n) is 2.84. The molecule has 0 radical (unpaired) electrons. The minimum Gasteiger partial charge on any atom is -0.461 e. The van der Waals surface area contributed by atoms with Crippen molar-refractivity contribution in [3.8, 4) is 17.3 Å². The molecule has 0 saturated heterocycles. The number of carbonyl (C=O) groups is 1. The van der Waals surface area contributed by atoms with Gasteiger partial charge in [-0.2, -0.15) is 0 Å². The SMILES string of the molecule is CC(C)C(C)NC(=O)c1csc(CSc2nnc(-c3ccco3)n2-c2ccc(Cl)c(Cl)c2)n1. The Morgan fingerprint density at radius 1 is 1.21 bits per heavy atom. The molecule has 0 aliphatic rings. The second-order valence-electron chi connectivity index (χ2n) is 7.64. The normalized spacial score (nSPS) is 12.3. The number of hydrogen-bond donors (Lipinski definition) is 1. The maximum absolute atomic E-state index is 12.4. The van der Waals surface area contributed by atoms with Crippen LogP contribution in [-0.2, 0) is 5.75 Å². The van der Waals surface area contributed by atoms with E-state index in [1.165, 1.54) is 23.1 Å². The highest BCUT2D eigenvalue weighted by atomic mass is 35.5. The van der Waals surface area contributed by atoms with Crippen molar-refractivity contribution < 1.29 is 9.21 Å². The van der Waals surface area contributed by atoms with E-state index < -0.39 is 0 Å². The van der Waals surface area contributed by atoms with Crippen LogP contribution in [-0.4, -0.2) is 31.7 Å². The number of amides is 1. The molecule has 0 bridgehead atoms. The zero-order valence-corrected chi connectivity index (χ0v) is 21.2. The van der Waals surface area contributed by atoms with Gasteiger partial charge in [0, 0.05) is 11.4 Å². The van der Waals surface area contributed by atoms with Crippen LogP contribution in [0.2, 0.25) is 10.0 Å². The van der Waals surface area contributed by atoms with Gasteiger partial charge in [-0.15, -0.1) is 21.5 Å². The molecule has 1 amide bonds. The van der Waals surface area contributed by atoms with Crippen molar-refractivity contribution >= 4 is 52.2 Å². The summed E-state index contributed by atoms with van der Waals surface area (Å²) in [7, 11) is 0. The van der Waals surface area contributed by atoms with Crippen molar-refractivity contribution in [1.29, 1.82) is 0 Å². The first-order valence-electron chi connectivity index (χ1n) is 10.2. The minimum absolute atomic E-state index is 0.0711. The van der Waals surface area contributed by atoms with Gasteiger partial charge in [0.05, 0.1) is 27.7 Å². The third-order valence-corrected chi connectivity index (χ3v) is 7.71. The van der Waals surface area contributed by atoms with Gasteiger partial charge in [0.1, 0.15) is 10.7 Å². The van der Waals surface area contributed by atoms with Crippen LogP contribution in [0, 0.1) is 5.92 Å². The van der Waals surface area contributed by atoms with Gasteiger partial charge in [0.15, 0.2) is 10.9 Å². The van der Waals surface area contributed by atoms with Crippen molar-refractivity contribution in [3.05, 3.63) is 62.7 Å². The number of hydrogen-bond acceptors (Lipinski definition) is 7. The van der Waals surface area contributed by atoms with E-state index in [1.54, 1.807) is 29.8 Å². The van der Waals surface area contributed by atoms with Gasteiger partial charge in [-0.1, -0.05) is 48.8 Å². The Labute approximate surface area is 209 Å². The first kappa shape index (κ1) is 23.8. The predicted molar refractivity (Wildman–Crippen MR) is 133 cm³/mol. The summed E-state index contributed by atoms with van der Waals surface area (Å²) >= 11 is 15.3. The van der Waals surface area contributed by atoms with E-state index in [9.17, 15) is 4.79 Å². The van der Waals surface area contributed by atoms with Crippen molar-refractivity contribution in [2.24, 2.45) is 5.92 Å². The summed E-state index contributed by atoms with van der Waals surface area (Å²) in [5.74, 6) is 1.83. The van der Waals surface area contributed by atoms with Gasteiger partial charge in [0.25, 0.3) is 5.91 Å². The molecule has 11 heteroatoms. The molecule has 7 nitrogen and oxygen atoms in total. The molecule has 4 rings (SSSR count). The molecule has 3 aromatic heterocycles. The molecule has 0 aliphatic heterocycles. The summed E-state index contributed by atoms with van der Waals surface area (Å²) in [4.78, 5) is 16.9. The third-order valence-electron chi connectivity index (χ3n) is 5.00. The Morgan fingerprint density at radius 2 is 2.03 bits per heavy atom. The summed E-state index contributed by atoms with van der Waals surface area (Å²) in [6.07, 6.45) is 1.58. The van der Waals surface area contributed by atoms with Crippen LogP contribution in [0.4, 0.5) is 0 Å². The Hall–Kier alpha value is -2.33. The van der Waals surface area contributed by atoms with E-state index in [0.29, 0.717) is 44.2 Å². The minimum atomic E-state index is -0.164. The number of thiazole rings is 1. The van der Waals surface area contributed by atoms with Crippen LogP contribution < -0.4 is 5.32 Å². The molecule has 0 aliphatic carbocycles. The number of halogens is 2. The number of aromatic nitrogens is 4. The van der Waals surface area contributed by atoms with Crippen molar-refractivity contribution in [1.82, 2.24) is 25.1 Å². The number of benzene rings is 1. The van der Waals surface area contributed by atoms with Crippen molar-refractivity contribution in [3.63, 3.8) is 0 Å². The fraction of sp³-hybridized carbons (Fsp3) is 0.273. The van der Waals surface area contributed by atoms with Gasteiger partial charge in [0.2, 0.25) is 5.82 Å². The van der Waals surface area contributed by atoms with Gasteiger partial charge < -0.3 is 9.73 Å². The van der Waals surface area contributed by atoms with E-state index in [0.717, 1.165) is 10.7 Å². The topological polar surface area (TPSA) is 85.8 Å². The summed E-state index contributed by atoms with van der Waals surface area (Å²) < 4.78 is 7.40. The van der Waals surface area contributed by atoms with E-state index in [2.05, 4.69) is 34.3 Å². The highest BCUT2D eigenvalue weighted by molar-refractivity contribution is 7.98. The van der Waals surface area contributed by atoms with Crippen molar-refractivity contribution in [2.45, 2.75) is 37.7 Å². The Bertz CT molecular complexity index is 1250. The Morgan fingerprint density at radius 3 is 2.73 bits per heavy atom. The van der Waals surface area contributed by atoms with Crippen LogP contribution >= 0.6 is 46.3 Å². The van der Waals surface area contributed by atoms with Gasteiger partial charge >= 0.3 is 0 Å². The average molecular weight is 522 g/mol. The van der Waals surface area contributed by atoms with E-state index in [-0.39, 0.29) is 11.9 Å². The maximum Gasteiger partial charge on any atom is 0.270 e. The molecule has 33 heavy (non-hydrogen) atoms. The van der Waals surface area contributed by atoms with Gasteiger partial charge in [-0.05, 0) is 43.2 Å². The molecule has 3 heterocycles. The van der Waals surface area contributed by atoms with Crippen LogP contribution in [0.15, 0.2) is 51.5 Å². The first-order chi connectivity index (χ1) is 15.8. The van der Waals surface area contributed by atoms with Gasteiger partial charge in [-0.3, -0.25) is 9.36 Å². The van der Waals surface area contributed by atoms with Crippen LogP contribution in [0.25, 0.3) is 17.3 Å². The molecule has 1 atom stereocenters. The highest BCUT2D eigenvalue weighted by Crippen LogP contribution is 2.33. The molecule has 0 spiro atoms. The predicted octanol–water partition coefficient (Wildman–Crippen LogP) is 6.36. The standard InChI is InChI=1S/C22H21Cl2N5O2S2/c1-12(2)13(3)25-21(30)17-10-32-19(26-17)11-33-22-28-27-20(18-5-4-8-31-18)29(22)14-6-7-15(23)16(24)9-14/h4-10,12-13H,11H2,1-3H3,(H,25,30). The summed E-state index contributed by atoms with van der Waals surface area (Å²) in [6, 6.07) is 9.00. The lowest BCUT2D eigenvalue weighted by Gasteiger charge is -2.16. The van der Waals surface area contributed by atoms with E-state index >= 15 is 0 Å². The number of carbonyl (C=O) groups excluding carboxylic acids is 1. The third kappa shape index (κ3) is 5.43. The summed E-state index contributed by atoms with van der Waals surface area (Å²) in [6.45, 7) is 6.11. The van der Waals surface area contributed by atoms with Crippen LogP contribution in [0.5, 0.6) is 0 Å². The van der Waals surface area contributed by atoms with Crippen LogP contribution in [0.3, 0.4) is 0 Å². The van der Waals surface area contributed by atoms with Gasteiger partial charge in [-0.25, -0.2) is 4.98 Å². The molecule has 1 N–H and O–H groups in total. The second-order valence-corrected chi connectivity index (χ2v) is 10.3. The zero-order valence-electron chi connectivity index (χ0n) is 18.1. The van der Waals surface area contributed by atoms with Crippen molar-refractivity contribution in [2.75, 3.05) is 0 Å². The quantitative estimate of drug-likeness (QED) is 0.271. The molecule has 1 aromatic carbocycles. The smallest absolute Gasteiger partial charge is 0.270 e. The maximum atomic E-state index is 12.4. The number of thioether (sulfide) groups is 1. The largest absolute Gasteiger partial charge is 0.461 e. The first-order valence-corrected chi connectivity index (χ1v) is 12.8. The summed E-state index contributed by atoms with van der Waals surface area (Å²) in [5, 5.41) is 15.8. The monoisotopic (exact) mass is 521 g/mol. The molecule has 1 unspecified atom stereocenters. The lowest BCUT2D eigenvalue weighted by Crippen LogP contribution is -2.36. The fourth-order valence-corrected chi connectivity index (χ4v) is 4.88. The molecule has 0 saturated carbocycles.